The van der Waals surface area contributed by atoms with Crippen LogP contribution in [0.4, 0.5) is 10.2 Å². The number of alkyl halides is 1. The van der Waals surface area contributed by atoms with Crippen molar-refractivity contribution < 1.29 is 9.50 Å². The number of nitrogens with zero attached hydrogens (tertiary/aromatic N) is 5. The lowest BCUT2D eigenvalue weighted by Crippen LogP contribution is -2.61. The third-order valence-corrected chi connectivity index (χ3v) is 6.88. The normalized spacial score (nSPS) is 25.1. The average Bonchev–Trinajstić information content (AvgIpc) is 2.82. The van der Waals surface area contributed by atoms with E-state index < -0.39 is 6.17 Å². The number of aromatic hydroxyl groups is 1. The highest BCUT2D eigenvalue weighted by atomic mass is 19.1. The van der Waals surface area contributed by atoms with Crippen molar-refractivity contribution in [3.63, 3.8) is 0 Å². The van der Waals surface area contributed by atoms with Crippen LogP contribution < -0.4 is 15.8 Å². The van der Waals surface area contributed by atoms with Gasteiger partial charge in [0.15, 0.2) is 11.6 Å². The summed E-state index contributed by atoms with van der Waals surface area (Å²) in [6, 6.07) is 4.92. The summed E-state index contributed by atoms with van der Waals surface area (Å²) in [7, 11) is 1.83. The third-order valence-electron chi connectivity index (χ3n) is 6.88. The number of hydrogen-bond acceptors (Lipinski definition) is 7. The van der Waals surface area contributed by atoms with Gasteiger partial charge in [-0.15, -0.1) is 10.2 Å². The maximum atomic E-state index is 15.1. The lowest BCUT2D eigenvalue weighted by molar-refractivity contribution is 0.107. The van der Waals surface area contributed by atoms with Crippen LogP contribution in [-0.2, 0) is 6.54 Å². The van der Waals surface area contributed by atoms with Gasteiger partial charge in [0.1, 0.15) is 11.9 Å². The van der Waals surface area contributed by atoms with E-state index in [1.54, 1.807) is 23.0 Å². The van der Waals surface area contributed by atoms with Crippen LogP contribution in [0.1, 0.15) is 32.6 Å². The molecule has 0 saturated carbocycles. The zero-order valence-electron chi connectivity index (χ0n) is 18.2. The van der Waals surface area contributed by atoms with Gasteiger partial charge < -0.3 is 19.9 Å². The smallest absolute Gasteiger partial charge is 0.258 e. The summed E-state index contributed by atoms with van der Waals surface area (Å²) in [5.41, 5.74) is 0.239. The predicted octanol–water partition coefficient (Wildman–Crippen LogP) is 2.64. The molecule has 0 radical (unpaired) electrons. The molecule has 1 aromatic carbocycles. The first-order valence-electron chi connectivity index (χ1n) is 11.2. The molecule has 2 aromatic heterocycles. The van der Waals surface area contributed by atoms with Crippen molar-refractivity contribution in [1.29, 1.82) is 0 Å². The molecule has 0 amide bonds. The highest BCUT2D eigenvalue weighted by Gasteiger charge is 2.42. The number of pyridine rings is 1. The van der Waals surface area contributed by atoms with E-state index in [-0.39, 0.29) is 29.2 Å². The molecule has 2 aliphatic rings. The Kier molecular flexibility index (Phi) is 5.28. The highest BCUT2D eigenvalue weighted by molar-refractivity contribution is 5.88. The van der Waals surface area contributed by atoms with Gasteiger partial charge in [-0.3, -0.25) is 4.79 Å². The molecule has 0 spiro atoms. The fraction of sp³-hybridized carbons (Fsp3) is 0.478. The molecule has 2 aliphatic heterocycles. The number of rotatable bonds is 4. The van der Waals surface area contributed by atoms with Gasteiger partial charge in [0.25, 0.3) is 5.56 Å². The fourth-order valence-electron chi connectivity index (χ4n) is 5.02. The number of phenols is 1. The van der Waals surface area contributed by atoms with E-state index in [1.165, 1.54) is 6.07 Å². The van der Waals surface area contributed by atoms with Crippen LogP contribution in [0.5, 0.6) is 5.75 Å². The Bertz CT molecular complexity index is 1200. The maximum absolute atomic E-state index is 15.1. The molecule has 3 aromatic rings. The highest BCUT2D eigenvalue weighted by Crippen LogP contribution is 2.33. The summed E-state index contributed by atoms with van der Waals surface area (Å²) < 4.78 is 16.6. The molecule has 5 rings (SSSR count). The topological polar surface area (TPSA) is 96.2 Å². The first-order valence-corrected chi connectivity index (χ1v) is 11.2. The van der Waals surface area contributed by atoms with E-state index in [0.717, 1.165) is 25.7 Å². The van der Waals surface area contributed by atoms with Crippen LogP contribution in [0.2, 0.25) is 0 Å². The second-order valence-electron chi connectivity index (χ2n) is 8.76. The van der Waals surface area contributed by atoms with Crippen LogP contribution in [-0.4, -0.2) is 56.2 Å². The van der Waals surface area contributed by atoms with Gasteiger partial charge in [0.05, 0.1) is 23.2 Å². The molecule has 2 fully saturated rings. The standard InChI is InChI=1S/C23H27FN6O2/c1-3-30-8-7-13-9-16(19(31)11-15(13)23(30)32)22-25-12-20(27-28-22)29(2)18-10-14-5-4-6-17(26-14)21(18)24/h7-9,11-12,14,17-18,21,26,31H,3-6,10H2,1-2H3/t14?,17?,18-,21+/m1/s1. The average molecular weight is 439 g/mol. The third kappa shape index (κ3) is 3.50. The van der Waals surface area contributed by atoms with Gasteiger partial charge in [0.2, 0.25) is 0 Å². The number of phenolic OH excluding ortho intramolecular Hbond substituents is 1. The number of hydrogen-bond donors (Lipinski definition) is 2. The molecule has 2 bridgehead atoms. The molecule has 9 heteroatoms. The molecule has 168 valence electrons. The number of aromatic nitrogens is 4. The SMILES string of the molecule is CCn1ccc2cc(-c3ncc(N(C)[C@@H]4CC5CCCC(N5)[C@@H]4F)nn3)c(O)cc2c1=O. The van der Waals surface area contributed by atoms with E-state index in [0.29, 0.717) is 34.7 Å². The van der Waals surface area contributed by atoms with E-state index in [9.17, 15) is 9.90 Å². The Morgan fingerprint density at radius 1 is 1.31 bits per heavy atom. The molecular weight excluding hydrogens is 411 g/mol. The lowest BCUT2D eigenvalue weighted by atomic mass is 9.82. The Hall–Kier alpha value is -3.07. The van der Waals surface area contributed by atoms with Gasteiger partial charge in [-0.25, -0.2) is 9.37 Å². The van der Waals surface area contributed by atoms with Gasteiger partial charge in [0, 0.05) is 31.9 Å². The number of nitrogens with one attached hydrogen (secondary N) is 1. The Balaban J connectivity index is 1.43. The minimum atomic E-state index is -0.977. The second kappa shape index (κ2) is 8.12. The first kappa shape index (κ1) is 20.8. The van der Waals surface area contributed by atoms with Crippen molar-refractivity contribution >= 4 is 16.6 Å². The molecular formula is C23H27FN6O2. The van der Waals surface area contributed by atoms with Crippen LogP contribution in [0.25, 0.3) is 22.2 Å². The Labute approximate surface area is 185 Å². The van der Waals surface area contributed by atoms with E-state index in [4.69, 9.17) is 0 Å². The molecule has 2 N–H and O–H groups in total. The lowest BCUT2D eigenvalue weighted by Gasteiger charge is -2.45. The van der Waals surface area contributed by atoms with Gasteiger partial charge in [-0.1, -0.05) is 6.42 Å². The number of benzene rings is 1. The largest absolute Gasteiger partial charge is 0.507 e. The molecule has 0 aliphatic carbocycles. The molecule has 2 saturated heterocycles. The van der Waals surface area contributed by atoms with Crippen molar-refractivity contribution in [2.45, 2.75) is 63.4 Å². The molecule has 8 nitrogen and oxygen atoms in total. The summed E-state index contributed by atoms with van der Waals surface area (Å²) in [6.45, 7) is 2.44. The number of anilines is 1. The molecule has 32 heavy (non-hydrogen) atoms. The fourth-order valence-corrected chi connectivity index (χ4v) is 5.02. The number of halogens is 1. The Morgan fingerprint density at radius 2 is 2.16 bits per heavy atom. The molecule has 2 unspecified atom stereocenters. The zero-order valence-corrected chi connectivity index (χ0v) is 18.2. The van der Waals surface area contributed by atoms with E-state index in [2.05, 4.69) is 20.5 Å². The predicted molar refractivity (Wildman–Crippen MR) is 121 cm³/mol. The van der Waals surface area contributed by atoms with E-state index >= 15 is 4.39 Å². The van der Waals surface area contributed by atoms with Crippen molar-refractivity contribution in [1.82, 2.24) is 25.1 Å². The monoisotopic (exact) mass is 438 g/mol. The second-order valence-corrected chi connectivity index (χ2v) is 8.76. The number of piperidine rings is 2. The van der Waals surface area contributed by atoms with E-state index in [1.807, 2.05) is 24.9 Å². The Morgan fingerprint density at radius 3 is 2.91 bits per heavy atom. The van der Waals surface area contributed by atoms with Crippen molar-refractivity contribution in [3.8, 4) is 17.1 Å². The minimum absolute atomic E-state index is 0.0821. The van der Waals surface area contributed by atoms with Gasteiger partial charge in [-0.05, 0) is 49.8 Å². The summed E-state index contributed by atoms with van der Waals surface area (Å²) in [5.74, 6) is 0.661. The molecule has 4 atom stereocenters. The van der Waals surface area contributed by atoms with Crippen molar-refractivity contribution in [2.24, 2.45) is 0 Å². The summed E-state index contributed by atoms with van der Waals surface area (Å²) in [5, 5.41) is 23.5. The number of aryl methyl sites for hydroxylation is 1. The van der Waals surface area contributed by atoms with Crippen molar-refractivity contribution in [3.05, 3.63) is 40.9 Å². The van der Waals surface area contributed by atoms with Gasteiger partial charge >= 0.3 is 0 Å². The first-order chi connectivity index (χ1) is 15.5. The quantitative estimate of drug-likeness (QED) is 0.646. The van der Waals surface area contributed by atoms with Crippen LogP contribution in [0, 0.1) is 0 Å². The number of fused-ring (bicyclic) bond motifs is 3. The maximum Gasteiger partial charge on any atom is 0.258 e. The molecule has 4 heterocycles. The summed E-state index contributed by atoms with van der Waals surface area (Å²) in [6.07, 6.45) is 6.02. The van der Waals surface area contributed by atoms with Crippen LogP contribution >= 0.6 is 0 Å². The zero-order chi connectivity index (χ0) is 22.4. The van der Waals surface area contributed by atoms with Gasteiger partial charge in [-0.2, -0.15) is 0 Å². The summed E-state index contributed by atoms with van der Waals surface area (Å²) in [4.78, 5) is 18.7. The summed E-state index contributed by atoms with van der Waals surface area (Å²) >= 11 is 0. The van der Waals surface area contributed by atoms with Crippen LogP contribution in [0.3, 0.4) is 0 Å². The minimum Gasteiger partial charge on any atom is -0.507 e. The van der Waals surface area contributed by atoms with Crippen LogP contribution in [0.15, 0.2) is 35.4 Å². The van der Waals surface area contributed by atoms with Crippen molar-refractivity contribution in [2.75, 3.05) is 11.9 Å².